The van der Waals surface area contributed by atoms with E-state index in [0.717, 1.165) is 30.8 Å². The van der Waals surface area contributed by atoms with Gasteiger partial charge in [0.25, 0.3) is 0 Å². The molecule has 1 aliphatic heterocycles. The number of ether oxygens (including phenoxy) is 1. The summed E-state index contributed by atoms with van der Waals surface area (Å²) in [5, 5.41) is 13.6. The number of fused-ring (bicyclic) bond motifs is 1. The molecule has 2 aliphatic rings. The Bertz CT molecular complexity index is 441. The number of para-hydroxylation sites is 1. The highest BCUT2D eigenvalue weighted by molar-refractivity contribution is 5.63. The summed E-state index contributed by atoms with van der Waals surface area (Å²) in [4.78, 5) is 0. The molecule has 0 radical (unpaired) electrons. The van der Waals surface area contributed by atoms with Gasteiger partial charge in [0.15, 0.2) is 0 Å². The van der Waals surface area contributed by atoms with Gasteiger partial charge >= 0.3 is 0 Å². The van der Waals surface area contributed by atoms with Crippen LogP contribution < -0.4 is 10.1 Å². The highest BCUT2D eigenvalue weighted by Crippen LogP contribution is 2.33. The molecule has 20 heavy (non-hydrogen) atoms. The molecule has 2 N–H and O–H groups in total. The van der Waals surface area contributed by atoms with Crippen LogP contribution in [0.5, 0.6) is 5.75 Å². The molecule has 1 atom stereocenters. The standard InChI is InChI=1S/C17H25NO2/c19-15(11-13-5-1-2-6-13)12-20-16-9-3-7-14-8-4-10-18-17(14)16/h3,7,9,13,15,18-19H,1-2,4-6,8,10-12H2. The van der Waals surface area contributed by atoms with Crippen molar-refractivity contribution in [2.45, 2.75) is 51.0 Å². The third-order valence-corrected chi connectivity index (χ3v) is 4.55. The zero-order chi connectivity index (χ0) is 13.8. The molecule has 0 saturated heterocycles. The third-order valence-electron chi connectivity index (χ3n) is 4.55. The van der Waals surface area contributed by atoms with Crippen molar-refractivity contribution in [2.75, 3.05) is 18.5 Å². The van der Waals surface area contributed by atoms with E-state index in [1.807, 2.05) is 12.1 Å². The lowest BCUT2D eigenvalue weighted by Crippen LogP contribution is -2.21. The third kappa shape index (κ3) is 3.26. The van der Waals surface area contributed by atoms with Crippen LogP contribution in [0.2, 0.25) is 0 Å². The summed E-state index contributed by atoms with van der Waals surface area (Å²) < 4.78 is 5.86. The molecular formula is C17H25NO2. The number of nitrogens with one attached hydrogen (secondary N) is 1. The van der Waals surface area contributed by atoms with Crippen molar-refractivity contribution in [3.05, 3.63) is 23.8 Å². The van der Waals surface area contributed by atoms with Crippen molar-refractivity contribution < 1.29 is 9.84 Å². The van der Waals surface area contributed by atoms with Crippen LogP contribution in [0.1, 0.15) is 44.1 Å². The topological polar surface area (TPSA) is 41.5 Å². The molecule has 1 aromatic rings. The van der Waals surface area contributed by atoms with Gasteiger partial charge in [-0.05, 0) is 36.8 Å². The number of hydrogen-bond donors (Lipinski definition) is 2. The van der Waals surface area contributed by atoms with E-state index in [2.05, 4.69) is 11.4 Å². The van der Waals surface area contributed by atoms with Crippen molar-refractivity contribution in [3.8, 4) is 5.75 Å². The number of hydrogen-bond acceptors (Lipinski definition) is 3. The number of rotatable bonds is 5. The smallest absolute Gasteiger partial charge is 0.142 e. The predicted molar refractivity (Wildman–Crippen MR) is 81.3 cm³/mol. The van der Waals surface area contributed by atoms with E-state index in [0.29, 0.717) is 12.5 Å². The second-order valence-electron chi connectivity index (χ2n) is 6.17. The number of benzene rings is 1. The highest BCUT2D eigenvalue weighted by Gasteiger charge is 2.20. The van der Waals surface area contributed by atoms with E-state index in [9.17, 15) is 5.11 Å². The molecular weight excluding hydrogens is 250 g/mol. The van der Waals surface area contributed by atoms with Gasteiger partial charge in [-0.25, -0.2) is 0 Å². The normalized spacial score (nSPS) is 20.2. The lowest BCUT2D eigenvalue weighted by atomic mass is 10.0. The van der Waals surface area contributed by atoms with Crippen LogP contribution in [0.4, 0.5) is 5.69 Å². The van der Waals surface area contributed by atoms with Gasteiger partial charge in [-0.2, -0.15) is 0 Å². The lowest BCUT2D eigenvalue weighted by molar-refractivity contribution is 0.0858. The second-order valence-corrected chi connectivity index (χ2v) is 6.17. The average Bonchev–Trinajstić information content (AvgIpc) is 2.98. The average molecular weight is 275 g/mol. The molecule has 1 heterocycles. The summed E-state index contributed by atoms with van der Waals surface area (Å²) in [7, 11) is 0. The Balaban J connectivity index is 1.55. The molecule has 0 bridgehead atoms. The molecule has 1 aliphatic carbocycles. The number of aryl methyl sites for hydroxylation is 1. The van der Waals surface area contributed by atoms with Gasteiger partial charge in [-0.3, -0.25) is 0 Å². The fourth-order valence-electron chi connectivity index (χ4n) is 3.48. The Labute approximate surface area is 121 Å². The van der Waals surface area contributed by atoms with E-state index in [-0.39, 0.29) is 6.10 Å². The molecule has 0 spiro atoms. The molecule has 1 unspecified atom stereocenters. The molecule has 0 amide bonds. The number of aliphatic hydroxyl groups excluding tert-OH is 1. The number of anilines is 1. The van der Waals surface area contributed by atoms with Crippen molar-refractivity contribution in [1.29, 1.82) is 0 Å². The molecule has 1 aromatic carbocycles. The minimum Gasteiger partial charge on any atom is -0.489 e. The Morgan fingerprint density at radius 3 is 2.95 bits per heavy atom. The minimum atomic E-state index is -0.336. The first kappa shape index (κ1) is 13.7. The second kappa shape index (κ2) is 6.49. The van der Waals surface area contributed by atoms with Crippen LogP contribution in [0, 0.1) is 5.92 Å². The first-order valence-electron chi connectivity index (χ1n) is 7.99. The SMILES string of the molecule is OC(COc1cccc2c1NCCC2)CC1CCCC1. The fraction of sp³-hybridized carbons (Fsp3) is 0.647. The van der Waals surface area contributed by atoms with Gasteiger partial charge in [-0.15, -0.1) is 0 Å². The zero-order valence-electron chi connectivity index (χ0n) is 12.1. The molecule has 110 valence electrons. The Hall–Kier alpha value is -1.22. The van der Waals surface area contributed by atoms with Crippen LogP contribution in [-0.2, 0) is 6.42 Å². The van der Waals surface area contributed by atoms with Gasteiger partial charge in [0.1, 0.15) is 12.4 Å². The monoisotopic (exact) mass is 275 g/mol. The fourth-order valence-corrected chi connectivity index (χ4v) is 3.48. The first-order chi connectivity index (χ1) is 9.83. The molecule has 1 fully saturated rings. The zero-order valence-corrected chi connectivity index (χ0v) is 12.1. The van der Waals surface area contributed by atoms with E-state index >= 15 is 0 Å². The lowest BCUT2D eigenvalue weighted by Gasteiger charge is -2.22. The number of aliphatic hydroxyl groups is 1. The van der Waals surface area contributed by atoms with Crippen LogP contribution in [0.15, 0.2) is 18.2 Å². The molecule has 3 rings (SSSR count). The van der Waals surface area contributed by atoms with Crippen molar-refractivity contribution in [2.24, 2.45) is 5.92 Å². The largest absolute Gasteiger partial charge is 0.489 e. The van der Waals surface area contributed by atoms with Gasteiger partial charge in [0.05, 0.1) is 11.8 Å². The van der Waals surface area contributed by atoms with Gasteiger partial charge in [0.2, 0.25) is 0 Å². The Kier molecular flexibility index (Phi) is 4.46. The summed E-state index contributed by atoms with van der Waals surface area (Å²) >= 11 is 0. The van der Waals surface area contributed by atoms with Gasteiger partial charge in [0, 0.05) is 6.54 Å². The minimum absolute atomic E-state index is 0.336. The maximum absolute atomic E-state index is 10.1. The summed E-state index contributed by atoms with van der Waals surface area (Å²) in [5.74, 6) is 1.60. The van der Waals surface area contributed by atoms with Gasteiger partial charge < -0.3 is 15.2 Å². The Morgan fingerprint density at radius 1 is 1.25 bits per heavy atom. The van der Waals surface area contributed by atoms with Crippen molar-refractivity contribution >= 4 is 5.69 Å². The van der Waals surface area contributed by atoms with Crippen LogP contribution >= 0.6 is 0 Å². The van der Waals surface area contributed by atoms with E-state index < -0.39 is 0 Å². The van der Waals surface area contributed by atoms with E-state index in [4.69, 9.17) is 4.74 Å². The van der Waals surface area contributed by atoms with Crippen LogP contribution in [0.25, 0.3) is 0 Å². The Morgan fingerprint density at radius 2 is 2.10 bits per heavy atom. The van der Waals surface area contributed by atoms with Crippen LogP contribution in [-0.4, -0.2) is 24.4 Å². The maximum atomic E-state index is 10.1. The summed E-state index contributed by atoms with van der Waals surface area (Å²) in [6.45, 7) is 1.42. The highest BCUT2D eigenvalue weighted by atomic mass is 16.5. The maximum Gasteiger partial charge on any atom is 0.142 e. The van der Waals surface area contributed by atoms with E-state index in [1.54, 1.807) is 0 Å². The molecule has 1 saturated carbocycles. The summed E-state index contributed by atoms with van der Waals surface area (Å²) in [6.07, 6.45) is 8.06. The molecule has 0 aromatic heterocycles. The summed E-state index contributed by atoms with van der Waals surface area (Å²) in [6, 6.07) is 6.20. The molecule has 3 nitrogen and oxygen atoms in total. The van der Waals surface area contributed by atoms with E-state index in [1.165, 1.54) is 37.7 Å². The quantitative estimate of drug-likeness (QED) is 0.865. The van der Waals surface area contributed by atoms with Crippen molar-refractivity contribution in [1.82, 2.24) is 0 Å². The van der Waals surface area contributed by atoms with Gasteiger partial charge in [-0.1, -0.05) is 37.8 Å². The van der Waals surface area contributed by atoms with Crippen molar-refractivity contribution in [3.63, 3.8) is 0 Å². The predicted octanol–water partition coefficient (Wildman–Crippen LogP) is 3.36. The molecule has 3 heteroatoms. The van der Waals surface area contributed by atoms with Crippen LogP contribution in [0.3, 0.4) is 0 Å². The summed E-state index contributed by atoms with van der Waals surface area (Å²) in [5.41, 5.74) is 2.46. The first-order valence-corrected chi connectivity index (χ1v) is 7.99.